The standard InChI is InChI=1S/C12H18BrNOS/c1-2-5-10(14)12(8-15)16-11-7-4-3-6-9(11)13/h3-4,6-7,10,12,15H,2,5,8,14H2,1H3. The molecule has 90 valence electrons. The van der Waals surface area contributed by atoms with Gasteiger partial charge in [0.2, 0.25) is 0 Å². The smallest absolute Gasteiger partial charge is 0.0568 e. The molecule has 2 atom stereocenters. The molecule has 0 spiro atoms. The van der Waals surface area contributed by atoms with Crippen LogP contribution in [0.15, 0.2) is 33.6 Å². The molecule has 0 saturated heterocycles. The largest absolute Gasteiger partial charge is 0.395 e. The van der Waals surface area contributed by atoms with Crippen LogP contribution in [0.25, 0.3) is 0 Å². The van der Waals surface area contributed by atoms with Gasteiger partial charge < -0.3 is 10.8 Å². The van der Waals surface area contributed by atoms with Gasteiger partial charge >= 0.3 is 0 Å². The molecule has 2 nitrogen and oxygen atoms in total. The van der Waals surface area contributed by atoms with Gasteiger partial charge in [0.1, 0.15) is 0 Å². The zero-order valence-corrected chi connectivity index (χ0v) is 11.8. The maximum Gasteiger partial charge on any atom is 0.0568 e. The first-order chi connectivity index (χ1) is 7.69. The van der Waals surface area contributed by atoms with E-state index in [9.17, 15) is 5.11 Å². The fourth-order valence-electron chi connectivity index (χ4n) is 1.48. The first-order valence-corrected chi connectivity index (χ1v) is 7.14. The summed E-state index contributed by atoms with van der Waals surface area (Å²) in [5.74, 6) is 0. The van der Waals surface area contributed by atoms with Gasteiger partial charge in [-0.25, -0.2) is 0 Å². The average molecular weight is 304 g/mol. The number of nitrogens with two attached hydrogens (primary N) is 1. The molecule has 4 heteroatoms. The van der Waals surface area contributed by atoms with E-state index in [-0.39, 0.29) is 17.9 Å². The maximum atomic E-state index is 9.36. The van der Waals surface area contributed by atoms with E-state index in [1.54, 1.807) is 11.8 Å². The average Bonchev–Trinajstić information content (AvgIpc) is 2.28. The Hall–Kier alpha value is -0.0300. The third kappa shape index (κ3) is 4.09. The molecule has 0 saturated carbocycles. The molecule has 0 fully saturated rings. The van der Waals surface area contributed by atoms with Crippen molar-refractivity contribution < 1.29 is 5.11 Å². The highest BCUT2D eigenvalue weighted by Gasteiger charge is 2.18. The number of halogens is 1. The van der Waals surface area contributed by atoms with E-state index in [1.807, 2.05) is 24.3 Å². The zero-order valence-electron chi connectivity index (χ0n) is 9.40. The molecular weight excluding hydrogens is 286 g/mol. The van der Waals surface area contributed by atoms with Crippen LogP contribution in [0.2, 0.25) is 0 Å². The van der Waals surface area contributed by atoms with Crippen LogP contribution in [0.4, 0.5) is 0 Å². The SMILES string of the molecule is CCCC(N)C(CO)Sc1ccccc1Br. The van der Waals surface area contributed by atoms with Crippen molar-refractivity contribution in [1.82, 2.24) is 0 Å². The first-order valence-electron chi connectivity index (χ1n) is 5.46. The second-order valence-electron chi connectivity index (χ2n) is 3.72. The normalized spacial score (nSPS) is 14.8. The molecule has 0 amide bonds. The minimum Gasteiger partial charge on any atom is -0.395 e. The summed E-state index contributed by atoms with van der Waals surface area (Å²) >= 11 is 5.14. The van der Waals surface area contributed by atoms with Gasteiger partial charge in [0.05, 0.1) is 6.61 Å². The minimum atomic E-state index is 0.0482. The van der Waals surface area contributed by atoms with Crippen molar-refractivity contribution in [3.05, 3.63) is 28.7 Å². The van der Waals surface area contributed by atoms with Crippen LogP contribution >= 0.6 is 27.7 Å². The summed E-state index contributed by atoms with van der Waals surface area (Å²) in [6, 6.07) is 8.06. The van der Waals surface area contributed by atoms with Crippen molar-refractivity contribution >= 4 is 27.7 Å². The summed E-state index contributed by atoms with van der Waals surface area (Å²) in [7, 11) is 0. The molecular formula is C12H18BrNOS. The molecule has 0 heterocycles. The number of aliphatic hydroxyl groups excluding tert-OH is 1. The van der Waals surface area contributed by atoms with Crippen LogP contribution in [0.3, 0.4) is 0 Å². The number of hydrogen-bond acceptors (Lipinski definition) is 3. The lowest BCUT2D eigenvalue weighted by atomic mass is 10.1. The van der Waals surface area contributed by atoms with Crippen molar-refractivity contribution in [1.29, 1.82) is 0 Å². The molecule has 0 aliphatic carbocycles. The predicted molar refractivity (Wildman–Crippen MR) is 73.8 cm³/mol. The second kappa shape index (κ2) is 7.33. The highest BCUT2D eigenvalue weighted by molar-refractivity contribution is 9.10. The lowest BCUT2D eigenvalue weighted by molar-refractivity contribution is 0.279. The number of thioether (sulfide) groups is 1. The molecule has 3 N–H and O–H groups in total. The van der Waals surface area contributed by atoms with Crippen molar-refractivity contribution in [3.63, 3.8) is 0 Å². The molecule has 2 unspecified atom stereocenters. The van der Waals surface area contributed by atoms with Gasteiger partial charge in [0.25, 0.3) is 0 Å². The Balaban J connectivity index is 2.66. The van der Waals surface area contributed by atoms with Crippen molar-refractivity contribution in [2.24, 2.45) is 5.73 Å². The van der Waals surface area contributed by atoms with Gasteiger partial charge in [0, 0.05) is 20.7 Å². The Kier molecular flexibility index (Phi) is 6.43. The van der Waals surface area contributed by atoms with E-state index in [1.165, 1.54) is 0 Å². The molecule has 1 aromatic carbocycles. The first kappa shape index (κ1) is 14.0. The van der Waals surface area contributed by atoms with Crippen LogP contribution < -0.4 is 5.73 Å². The van der Waals surface area contributed by atoms with Crippen molar-refractivity contribution in [3.8, 4) is 0 Å². The Bertz CT molecular complexity index is 322. The Labute approximate surface area is 110 Å². The lowest BCUT2D eigenvalue weighted by Gasteiger charge is -2.21. The maximum absolute atomic E-state index is 9.36. The summed E-state index contributed by atoms with van der Waals surface area (Å²) in [4.78, 5) is 1.13. The van der Waals surface area contributed by atoms with Crippen LogP contribution in [0.1, 0.15) is 19.8 Å². The highest BCUT2D eigenvalue weighted by atomic mass is 79.9. The molecule has 0 aliphatic heterocycles. The van der Waals surface area contributed by atoms with Crippen LogP contribution in [-0.2, 0) is 0 Å². The number of benzene rings is 1. The minimum absolute atomic E-state index is 0.0482. The third-order valence-electron chi connectivity index (χ3n) is 2.39. The van der Waals surface area contributed by atoms with Gasteiger partial charge in [-0.15, -0.1) is 11.8 Å². The molecule has 16 heavy (non-hydrogen) atoms. The van der Waals surface area contributed by atoms with E-state index in [2.05, 4.69) is 22.9 Å². The number of hydrogen-bond donors (Lipinski definition) is 2. The van der Waals surface area contributed by atoms with Gasteiger partial charge in [-0.2, -0.15) is 0 Å². The summed E-state index contributed by atoms with van der Waals surface area (Å²) in [5.41, 5.74) is 6.04. The van der Waals surface area contributed by atoms with Crippen LogP contribution in [-0.4, -0.2) is 23.0 Å². The van der Waals surface area contributed by atoms with E-state index in [0.29, 0.717) is 0 Å². The third-order valence-corrected chi connectivity index (χ3v) is 4.76. The molecule has 0 radical (unpaired) electrons. The Morgan fingerprint density at radius 2 is 2.12 bits per heavy atom. The van der Waals surface area contributed by atoms with Gasteiger partial charge in [-0.3, -0.25) is 0 Å². The van der Waals surface area contributed by atoms with E-state index < -0.39 is 0 Å². The number of aliphatic hydroxyl groups is 1. The molecule has 0 aliphatic rings. The summed E-state index contributed by atoms with van der Waals surface area (Å²) in [6.07, 6.45) is 2.00. The summed E-state index contributed by atoms with van der Waals surface area (Å²) < 4.78 is 1.06. The quantitative estimate of drug-likeness (QED) is 0.794. The van der Waals surface area contributed by atoms with Crippen LogP contribution in [0, 0.1) is 0 Å². The fraction of sp³-hybridized carbons (Fsp3) is 0.500. The topological polar surface area (TPSA) is 46.2 Å². The molecule has 1 aromatic rings. The summed E-state index contributed by atoms with van der Waals surface area (Å²) in [6.45, 7) is 2.23. The number of rotatable bonds is 6. The Morgan fingerprint density at radius 3 is 2.69 bits per heavy atom. The van der Waals surface area contributed by atoms with Crippen LogP contribution in [0.5, 0.6) is 0 Å². The molecule has 0 bridgehead atoms. The predicted octanol–water partition coefficient (Wildman–Crippen LogP) is 3.03. The molecule has 0 aromatic heterocycles. The van der Waals surface area contributed by atoms with Crippen molar-refractivity contribution in [2.45, 2.75) is 36.0 Å². The highest BCUT2D eigenvalue weighted by Crippen LogP contribution is 2.31. The van der Waals surface area contributed by atoms with Crippen molar-refractivity contribution in [2.75, 3.05) is 6.61 Å². The fourth-order valence-corrected chi connectivity index (χ4v) is 3.10. The van der Waals surface area contributed by atoms with Gasteiger partial charge in [-0.1, -0.05) is 25.5 Å². The second-order valence-corrected chi connectivity index (χ2v) is 5.86. The molecule has 1 rings (SSSR count). The monoisotopic (exact) mass is 303 g/mol. The van der Waals surface area contributed by atoms with Gasteiger partial charge in [0.15, 0.2) is 0 Å². The van der Waals surface area contributed by atoms with Gasteiger partial charge in [-0.05, 0) is 34.5 Å². The van der Waals surface area contributed by atoms with E-state index in [4.69, 9.17) is 5.73 Å². The summed E-state index contributed by atoms with van der Waals surface area (Å²) in [5, 5.41) is 9.43. The lowest BCUT2D eigenvalue weighted by Crippen LogP contribution is -2.34. The zero-order chi connectivity index (χ0) is 12.0. The van der Waals surface area contributed by atoms with E-state index >= 15 is 0 Å². The Morgan fingerprint density at radius 1 is 1.44 bits per heavy atom. The van der Waals surface area contributed by atoms with E-state index in [0.717, 1.165) is 22.2 Å².